The minimum Gasteiger partial charge on any atom is -0.383 e. The lowest BCUT2D eigenvalue weighted by atomic mass is 9.89. The molecule has 3 nitrogen and oxygen atoms in total. The van der Waals surface area contributed by atoms with E-state index in [1.54, 1.807) is 7.11 Å². The maximum absolute atomic E-state index is 5.99. The fourth-order valence-corrected chi connectivity index (χ4v) is 2.93. The molecule has 0 radical (unpaired) electrons. The molecule has 0 aromatic rings. The molecule has 3 heteroatoms. The van der Waals surface area contributed by atoms with Crippen molar-refractivity contribution in [3.63, 3.8) is 0 Å². The van der Waals surface area contributed by atoms with Crippen molar-refractivity contribution in [1.29, 1.82) is 0 Å². The van der Waals surface area contributed by atoms with Crippen LogP contribution in [0.1, 0.15) is 38.5 Å². The average Bonchev–Trinajstić information content (AvgIpc) is 2.67. The molecule has 88 valence electrons. The highest BCUT2D eigenvalue weighted by Crippen LogP contribution is 2.39. The summed E-state index contributed by atoms with van der Waals surface area (Å²) < 4.78 is 11.0. The van der Waals surface area contributed by atoms with E-state index in [1.165, 1.54) is 32.1 Å². The van der Waals surface area contributed by atoms with Gasteiger partial charge in [-0.1, -0.05) is 12.8 Å². The maximum atomic E-state index is 5.99. The van der Waals surface area contributed by atoms with Crippen LogP contribution in [0.3, 0.4) is 0 Å². The smallest absolute Gasteiger partial charge is 0.0697 e. The Bertz CT molecular complexity index is 190. The van der Waals surface area contributed by atoms with Crippen LogP contribution in [0.5, 0.6) is 0 Å². The molecule has 2 aliphatic rings. The zero-order chi connectivity index (χ0) is 10.6. The first kappa shape index (κ1) is 11.4. The predicted molar refractivity (Wildman–Crippen MR) is 60.1 cm³/mol. The first-order valence-corrected chi connectivity index (χ1v) is 6.21. The normalized spacial score (nSPS) is 29.8. The van der Waals surface area contributed by atoms with Gasteiger partial charge in [0, 0.05) is 26.3 Å². The molecule has 1 saturated carbocycles. The van der Waals surface area contributed by atoms with E-state index in [0.717, 1.165) is 26.2 Å². The Morgan fingerprint density at radius 3 is 2.93 bits per heavy atom. The number of hydrogen-bond donors (Lipinski definition) is 1. The number of ether oxygens (including phenoxy) is 2. The summed E-state index contributed by atoms with van der Waals surface area (Å²) in [7, 11) is 1.75. The van der Waals surface area contributed by atoms with Gasteiger partial charge in [0.05, 0.1) is 12.2 Å². The van der Waals surface area contributed by atoms with E-state index in [1.807, 2.05) is 0 Å². The molecule has 0 aromatic carbocycles. The minimum atomic E-state index is 0.239. The van der Waals surface area contributed by atoms with Crippen LogP contribution in [0.4, 0.5) is 0 Å². The predicted octanol–water partition coefficient (Wildman–Crippen LogP) is 1.71. The largest absolute Gasteiger partial charge is 0.383 e. The van der Waals surface area contributed by atoms with Crippen molar-refractivity contribution in [3.05, 3.63) is 0 Å². The van der Waals surface area contributed by atoms with Crippen LogP contribution in [0, 0.1) is 0 Å². The summed E-state index contributed by atoms with van der Waals surface area (Å²) in [5.74, 6) is 0. The molecule has 1 aliphatic carbocycles. The Labute approximate surface area is 92.5 Å². The summed E-state index contributed by atoms with van der Waals surface area (Å²) in [4.78, 5) is 0. The molecule has 2 rings (SSSR count). The third-order valence-electron chi connectivity index (χ3n) is 3.75. The molecule has 1 spiro atoms. The van der Waals surface area contributed by atoms with Crippen LogP contribution in [0.15, 0.2) is 0 Å². The van der Waals surface area contributed by atoms with E-state index in [2.05, 4.69) is 5.32 Å². The zero-order valence-corrected chi connectivity index (χ0v) is 9.76. The summed E-state index contributed by atoms with van der Waals surface area (Å²) in [6.07, 6.45) is 7.61. The van der Waals surface area contributed by atoms with Crippen LogP contribution < -0.4 is 5.32 Å². The van der Waals surface area contributed by atoms with E-state index in [9.17, 15) is 0 Å². The van der Waals surface area contributed by atoms with Crippen molar-refractivity contribution >= 4 is 0 Å². The first-order valence-electron chi connectivity index (χ1n) is 6.21. The van der Waals surface area contributed by atoms with Crippen LogP contribution in [-0.4, -0.2) is 38.5 Å². The Balaban J connectivity index is 1.76. The highest BCUT2D eigenvalue weighted by molar-refractivity contribution is 4.93. The van der Waals surface area contributed by atoms with Gasteiger partial charge in [-0.2, -0.15) is 0 Å². The van der Waals surface area contributed by atoms with E-state index < -0.39 is 0 Å². The molecular weight excluding hydrogens is 190 g/mol. The molecule has 0 bridgehead atoms. The molecule has 1 atom stereocenters. The fraction of sp³-hybridized carbons (Fsp3) is 1.00. The lowest BCUT2D eigenvalue weighted by Gasteiger charge is -2.38. The molecule has 1 saturated heterocycles. The number of hydrogen-bond acceptors (Lipinski definition) is 3. The van der Waals surface area contributed by atoms with Crippen LogP contribution in [0.2, 0.25) is 0 Å². The van der Waals surface area contributed by atoms with Gasteiger partial charge < -0.3 is 14.8 Å². The summed E-state index contributed by atoms with van der Waals surface area (Å²) in [6.45, 7) is 2.71. The molecule has 0 amide bonds. The van der Waals surface area contributed by atoms with Gasteiger partial charge in [0.25, 0.3) is 0 Å². The second kappa shape index (κ2) is 5.28. The van der Waals surface area contributed by atoms with Gasteiger partial charge in [-0.25, -0.2) is 0 Å². The number of rotatable bonds is 4. The average molecular weight is 213 g/mol. The standard InChI is InChI=1S/C12H23NO2/c1-14-9-7-13-11-4-8-15-12(10-11)5-2-3-6-12/h11,13H,2-10H2,1H3/t11-/m1/s1. The van der Waals surface area contributed by atoms with E-state index in [4.69, 9.17) is 9.47 Å². The first-order chi connectivity index (χ1) is 7.35. The van der Waals surface area contributed by atoms with Gasteiger partial charge in [-0.15, -0.1) is 0 Å². The van der Waals surface area contributed by atoms with Crippen molar-refractivity contribution in [1.82, 2.24) is 5.32 Å². The summed E-state index contributed by atoms with van der Waals surface area (Å²) in [5, 5.41) is 3.57. The Morgan fingerprint density at radius 2 is 2.20 bits per heavy atom. The van der Waals surface area contributed by atoms with Crippen molar-refractivity contribution in [2.45, 2.75) is 50.2 Å². The molecule has 1 heterocycles. The van der Waals surface area contributed by atoms with Crippen molar-refractivity contribution in [2.75, 3.05) is 26.9 Å². The Morgan fingerprint density at radius 1 is 1.40 bits per heavy atom. The van der Waals surface area contributed by atoms with E-state index in [0.29, 0.717) is 6.04 Å². The molecule has 0 aromatic heterocycles. The molecule has 1 N–H and O–H groups in total. The third-order valence-corrected chi connectivity index (χ3v) is 3.75. The molecule has 1 aliphatic heterocycles. The van der Waals surface area contributed by atoms with E-state index in [-0.39, 0.29) is 5.60 Å². The van der Waals surface area contributed by atoms with Gasteiger partial charge in [0.2, 0.25) is 0 Å². The number of methoxy groups -OCH3 is 1. The fourth-order valence-electron chi connectivity index (χ4n) is 2.93. The highest BCUT2D eigenvalue weighted by Gasteiger charge is 2.39. The lowest BCUT2D eigenvalue weighted by molar-refractivity contribution is -0.0838. The maximum Gasteiger partial charge on any atom is 0.0697 e. The quantitative estimate of drug-likeness (QED) is 0.721. The molecule has 0 unspecified atom stereocenters. The molecule has 2 fully saturated rings. The van der Waals surface area contributed by atoms with Gasteiger partial charge in [0.15, 0.2) is 0 Å². The second-order valence-corrected chi connectivity index (χ2v) is 4.88. The topological polar surface area (TPSA) is 30.5 Å². The highest BCUT2D eigenvalue weighted by atomic mass is 16.5. The second-order valence-electron chi connectivity index (χ2n) is 4.88. The third kappa shape index (κ3) is 2.92. The van der Waals surface area contributed by atoms with Crippen molar-refractivity contribution in [3.8, 4) is 0 Å². The summed E-state index contributed by atoms with van der Waals surface area (Å²) >= 11 is 0. The molecule has 15 heavy (non-hydrogen) atoms. The number of nitrogens with one attached hydrogen (secondary N) is 1. The van der Waals surface area contributed by atoms with Gasteiger partial charge in [-0.3, -0.25) is 0 Å². The summed E-state index contributed by atoms with van der Waals surface area (Å²) in [6, 6.07) is 0.645. The lowest BCUT2D eigenvalue weighted by Crippen LogP contribution is -2.46. The van der Waals surface area contributed by atoms with Crippen LogP contribution in [0.25, 0.3) is 0 Å². The van der Waals surface area contributed by atoms with Gasteiger partial charge >= 0.3 is 0 Å². The zero-order valence-electron chi connectivity index (χ0n) is 9.76. The minimum absolute atomic E-state index is 0.239. The Hall–Kier alpha value is -0.120. The monoisotopic (exact) mass is 213 g/mol. The van der Waals surface area contributed by atoms with Gasteiger partial charge in [0.1, 0.15) is 0 Å². The Kier molecular flexibility index (Phi) is 4.00. The molecular formula is C12H23NO2. The van der Waals surface area contributed by atoms with Crippen LogP contribution >= 0.6 is 0 Å². The van der Waals surface area contributed by atoms with Crippen molar-refractivity contribution < 1.29 is 9.47 Å². The van der Waals surface area contributed by atoms with Crippen LogP contribution in [-0.2, 0) is 9.47 Å². The van der Waals surface area contributed by atoms with E-state index >= 15 is 0 Å². The SMILES string of the molecule is COCCN[C@@H]1CCOC2(CCCC2)C1. The van der Waals surface area contributed by atoms with Gasteiger partial charge in [-0.05, 0) is 25.7 Å². The summed E-state index contributed by atoms with van der Waals surface area (Å²) in [5.41, 5.74) is 0.239. The van der Waals surface area contributed by atoms with Crippen molar-refractivity contribution in [2.24, 2.45) is 0 Å².